The molecular formula is C47H88NO2+. The molecule has 0 atom stereocenters. The number of ether oxygens (including phenoxy) is 1. The van der Waals surface area contributed by atoms with Gasteiger partial charge in [-0.05, 0) is 111 Å². The Hall–Kier alpha value is -1.61. The lowest BCUT2D eigenvalue weighted by Crippen LogP contribution is -2.54. The van der Waals surface area contributed by atoms with Gasteiger partial charge in [0.1, 0.15) is 6.10 Å². The number of carbonyl (C=O) groups is 1. The van der Waals surface area contributed by atoms with Crippen LogP contribution in [0.2, 0.25) is 0 Å². The summed E-state index contributed by atoms with van der Waals surface area (Å²) in [5.41, 5.74) is 0.176. The van der Waals surface area contributed by atoms with E-state index in [1.165, 1.54) is 141 Å². The Balaban J connectivity index is 4.28. The van der Waals surface area contributed by atoms with Gasteiger partial charge in [0, 0.05) is 6.42 Å². The van der Waals surface area contributed by atoms with Crippen molar-refractivity contribution in [2.75, 3.05) is 20.6 Å². The van der Waals surface area contributed by atoms with Gasteiger partial charge in [-0.1, -0.05) is 140 Å². The van der Waals surface area contributed by atoms with Gasteiger partial charge in [-0.3, -0.25) is 4.79 Å². The Labute approximate surface area is 314 Å². The van der Waals surface area contributed by atoms with E-state index in [1.54, 1.807) is 0 Å². The summed E-state index contributed by atoms with van der Waals surface area (Å²) in [5.74, 6) is 0.0176. The fourth-order valence-corrected chi connectivity index (χ4v) is 6.18. The lowest BCUT2D eigenvalue weighted by atomic mass is 10.0. The zero-order valence-corrected chi connectivity index (χ0v) is 35.0. The zero-order valence-electron chi connectivity index (χ0n) is 35.0. The minimum atomic E-state index is 0.0176. The van der Waals surface area contributed by atoms with E-state index in [4.69, 9.17) is 4.74 Å². The van der Waals surface area contributed by atoms with Crippen LogP contribution in [0.25, 0.3) is 0 Å². The van der Waals surface area contributed by atoms with Crippen molar-refractivity contribution in [1.29, 1.82) is 0 Å². The van der Waals surface area contributed by atoms with Gasteiger partial charge in [0.2, 0.25) is 0 Å². The van der Waals surface area contributed by atoms with E-state index >= 15 is 0 Å². The molecule has 0 aliphatic heterocycles. The van der Waals surface area contributed by atoms with Crippen molar-refractivity contribution >= 4 is 5.97 Å². The molecule has 292 valence electrons. The van der Waals surface area contributed by atoms with Gasteiger partial charge >= 0.3 is 5.97 Å². The lowest BCUT2D eigenvalue weighted by Gasteiger charge is -2.42. The normalized spacial score (nSPS) is 13.0. The van der Waals surface area contributed by atoms with Crippen LogP contribution in [-0.2, 0) is 9.53 Å². The zero-order chi connectivity index (χ0) is 37.0. The molecule has 0 heterocycles. The third-order valence-electron chi connectivity index (χ3n) is 10.7. The van der Waals surface area contributed by atoms with E-state index in [0.717, 1.165) is 43.1 Å². The molecule has 0 aliphatic carbocycles. The van der Waals surface area contributed by atoms with Crippen LogP contribution in [0.1, 0.15) is 214 Å². The molecule has 3 heteroatoms. The number of allylic oxidation sites excluding steroid dienone is 8. The van der Waals surface area contributed by atoms with E-state index in [-0.39, 0.29) is 17.6 Å². The summed E-state index contributed by atoms with van der Waals surface area (Å²) in [7, 11) is 4.54. The molecule has 0 saturated heterocycles. The minimum absolute atomic E-state index is 0.0176. The summed E-state index contributed by atoms with van der Waals surface area (Å²) in [6.45, 7) is 12.4. The molecule has 0 amide bonds. The first-order chi connectivity index (χ1) is 24.1. The van der Waals surface area contributed by atoms with Crippen LogP contribution in [0.5, 0.6) is 0 Å². The molecule has 0 unspecified atom stereocenters. The first-order valence-electron chi connectivity index (χ1n) is 21.8. The van der Waals surface area contributed by atoms with Crippen molar-refractivity contribution in [1.82, 2.24) is 0 Å². The fourth-order valence-electron chi connectivity index (χ4n) is 6.18. The highest BCUT2D eigenvalue weighted by molar-refractivity contribution is 5.69. The average Bonchev–Trinajstić information content (AvgIpc) is 3.07. The maximum atomic E-state index is 12.9. The highest BCUT2D eigenvalue weighted by atomic mass is 16.5. The number of quaternary nitrogens is 1. The third kappa shape index (κ3) is 32.3. The van der Waals surface area contributed by atoms with Gasteiger partial charge in [-0.15, -0.1) is 0 Å². The van der Waals surface area contributed by atoms with Crippen LogP contribution < -0.4 is 0 Å². The second-order valence-corrected chi connectivity index (χ2v) is 16.5. The standard InChI is InChI=1S/C47H88NO2/c1-8-10-12-14-16-18-20-22-24-26-28-30-32-34-36-38-41-45(50-46(49)43-40-44-48(6,7)47(3,4)5)42-39-37-35-33-31-29-27-25-23-21-19-17-15-13-11-9-2/h16-19,22-25,45H,8-15,20-21,26-44H2,1-7H3/q+1/b18-16-,19-17-,24-22-,25-23-. The SMILES string of the molecule is CCCCC/C=C\C/C=C\CCCCCCCCC(CCCCCCCC/C=C\C/C=C\CCCCC)OC(=O)CCC[N+](C)(C)C(C)(C)C. The number of hydrogen-bond acceptors (Lipinski definition) is 2. The maximum Gasteiger partial charge on any atom is 0.306 e. The molecule has 0 N–H and O–H groups in total. The molecule has 0 radical (unpaired) electrons. The van der Waals surface area contributed by atoms with Gasteiger partial charge in [-0.2, -0.15) is 0 Å². The van der Waals surface area contributed by atoms with Gasteiger partial charge in [-0.25, -0.2) is 0 Å². The molecule has 0 aromatic rings. The summed E-state index contributed by atoms with van der Waals surface area (Å²) in [4.78, 5) is 12.9. The summed E-state index contributed by atoms with van der Waals surface area (Å²) in [6, 6.07) is 0. The number of rotatable bonds is 35. The fraction of sp³-hybridized carbons (Fsp3) is 0.809. The van der Waals surface area contributed by atoms with Crippen molar-refractivity contribution in [3.63, 3.8) is 0 Å². The second-order valence-electron chi connectivity index (χ2n) is 16.5. The van der Waals surface area contributed by atoms with Gasteiger partial charge in [0.15, 0.2) is 0 Å². The number of hydrogen-bond donors (Lipinski definition) is 0. The number of unbranched alkanes of at least 4 members (excludes halogenated alkanes) is 18. The van der Waals surface area contributed by atoms with Gasteiger partial charge in [0.25, 0.3) is 0 Å². The van der Waals surface area contributed by atoms with E-state index < -0.39 is 0 Å². The predicted octanol–water partition coefficient (Wildman–Crippen LogP) is 15.0. The minimum Gasteiger partial charge on any atom is -0.462 e. The first-order valence-corrected chi connectivity index (χ1v) is 21.8. The van der Waals surface area contributed by atoms with Crippen LogP contribution >= 0.6 is 0 Å². The van der Waals surface area contributed by atoms with E-state index in [0.29, 0.717) is 6.42 Å². The Kier molecular flexibility index (Phi) is 33.4. The summed E-state index contributed by atoms with van der Waals surface area (Å²) >= 11 is 0. The Morgan fingerprint density at radius 3 is 1.26 bits per heavy atom. The Morgan fingerprint density at radius 2 is 0.880 bits per heavy atom. The highest BCUT2D eigenvalue weighted by Gasteiger charge is 2.31. The van der Waals surface area contributed by atoms with Gasteiger partial charge < -0.3 is 9.22 Å². The van der Waals surface area contributed by atoms with E-state index in [1.807, 2.05) is 0 Å². The molecule has 0 aromatic carbocycles. The molecular weight excluding hydrogens is 611 g/mol. The van der Waals surface area contributed by atoms with E-state index in [9.17, 15) is 4.79 Å². The van der Waals surface area contributed by atoms with Crippen LogP contribution in [0.15, 0.2) is 48.6 Å². The van der Waals surface area contributed by atoms with Crippen LogP contribution in [0.3, 0.4) is 0 Å². The summed E-state index contributed by atoms with van der Waals surface area (Å²) < 4.78 is 7.05. The third-order valence-corrected chi connectivity index (χ3v) is 10.7. The first kappa shape index (κ1) is 48.4. The molecule has 0 aromatic heterocycles. The molecule has 0 fully saturated rings. The molecule has 0 rings (SSSR count). The smallest absolute Gasteiger partial charge is 0.306 e. The number of nitrogens with zero attached hydrogens (tertiary/aromatic N) is 1. The van der Waals surface area contributed by atoms with E-state index in [2.05, 4.69) is 97.3 Å². The average molecular weight is 699 g/mol. The summed E-state index contributed by atoms with van der Waals surface area (Å²) in [6.07, 6.45) is 52.7. The predicted molar refractivity (Wildman–Crippen MR) is 224 cm³/mol. The Morgan fingerprint density at radius 1 is 0.520 bits per heavy atom. The van der Waals surface area contributed by atoms with Crippen LogP contribution in [0, 0.1) is 0 Å². The van der Waals surface area contributed by atoms with Crippen molar-refractivity contribution < 1.29 is 14.0 Å². The topological polar surface area (TPSA) is 26.3 Å². The lowest BCUT2D eigenvalue weighted by molar-refractivity contribution is -0.935. The Bertz CT molecular complexity index is 811. The number of esters is 1. The van der Waals surface area contributed by atoms with Crippen molar-refractivity contribution in [3.05, 3.63) is 48.6 Å². The molecule has 3 nitrogen and oxygen atoms in total. The summed E-state index contributed by atoms with van der Waals surface area (Å²) in [5, 5.41) is 0. The highest BCUT2D eigenvalue weighted by Crippen LogP contribution is 2.21. The molecule has 50 heavy (non-hydrogen) atoms. The molecule has 0 spiro atoms. The quantitative estimate of drug-likeness (QED) is 0.0285. The largest absolute Gasteiger partial charge is 0.462 e. The maximum absolute atomic E-state index is 12.9. The van der Waals surface area contributed by atoms with Crippen molar-refractivity contribution in [3.8, 4) is 0 Å². The van der Waals surface area contributed by atoms with Gasteiger partial charge in [0.05, 0.1) is 32.6 Å². The van der Waals surface area contributed by atoms with Crippen molar-refractivity contribution in [2.45, 2.75) is 226 Å². The van der Waals surface area contributed by atoms with Crippen LogP contribution in [-0.4, -0.2) is 42.7 Å². The molecule has 0 aliphatic rings. The molecule has 0 saturated carbocycles. The van der Waals surface area contributed by atoms with Crippen LogP contribution in [0.4, 0.5) is 0 Å². The second kappa shape index (κ2) is 34.5. The monoisotopic (exact) mass is 699 g/mol. The molecule has 0 bridgehead atoms. The number of carbonyl (C=O) groups excluding carboxylic acids is 1. The van der Waals surface area contributed by atoms with Crippen molar-refractivity contribution in [2.24, 2.45) is 0 Å².